The molecule has 0 N–H and O–H groups in total. The van der Waals surface area contributed by atoms with E-state index in [1.165, 1.54) is 0 Å². The predicted molar refractivity (Wildman–Crippen MR) is 60.6 cm³/mol. The van der Waals surface area contributed by atoms with Crippen LogP contribution in [-0.2, 0) is 0 Å². The number of halogens is 2. The summed E-state index contributed by atoms with van der Waals surface area (Å²) >= 11 is 10.6. The van der Waals surface area contributed by atoms with Crippen LogP contribution in [0.4, 0.5) is 0 Å². The first-order valence-corrected chi connectivity index (χ1v) is 5.76. The van der Waals surface area contributed by atoms with Crippen LogP contribution >= 0.6 is 38.9 Å². The van der Waals surface area contributed by atoms with Gasteiger partial charge in [0.05, 0.1) is 4.47 Å². The van der Waals surface area contributed by atoms with Crippen LogP contribution in [0.3, 0.4) is 0 Å². The molecular formula is C8H5BrClN3S. The fourth-order valence-corrected chi connectivity index (χ4v) is 1.93. The van der Waals surface area contributed by atoms with Crippen LogP contribution in [0.15, 0.2) is 16.9 Å². The molecule has 0 spiro atoms. The van der Waals surface area contributed by atoms with Crippen LogP contribution in [0.1, 0.15) is 4.88 Å². The van der Waals surface area contributed by atoms with Crippen molar-refractivity contribution >= 4 is 38.9 Å². The molecule has 0 saturated heterocycles. The summed E-state index contributed by atoms with van der Waals surface area (Å²) in [6, 6.07) is 0. The Morgan fingerprint density at radius 3 is 2.71 bits per heavy atom. The molecule has 0 amide bonds. The fraction of sp³-hybridized carbons (Fsp3) is 0.125. The lowest BCUT2D eigenvalue weighted by Gasteiger charge is -1.96. The van der Waals surface area contributed by atoms with Crippen molar-refractivity contribution in [3.63, 3.8) is 0 Å². The topological polar surface area (TPSA) is 38.7 Å². The average Bonchev–Trinajstić information content (AvgIpc) is 2.57. The molecule has 2 aromatic heterocycles. The molecule has 2 heterocycles. The van der Waals surface area contributed by atoms with Gasteiger partial charge in [0.2, 0.25) is 0 Å². The first-order valence-electron chi connectivity index (χ1n) is 3.77. The van der Waals surface area contributed by atoms with Crippen LogP contribution in [-0.4, -0.2) is 15.0 Å². The summed E-state index contributed by atoms with van der Waals surface area (Å²) in [6.45, 7) is 1.99. The number of thiazole rings is 1. The SMILES string of the molecule is Cc1cnc(-c2ncc(Br)c(Cl)n2)s1. The second-order valence-electron chi connectivity index (χ2n) is 2.61. The molecule has 0 radical (unpaired) electrons. The molecule has 0 bridgehead atoms. The summed E-state index contributed by atoms with van der Waals surface area (Å²) in [6.07, 6.45) is 3.42. The second-order valence-corrected chi connectivity index (χ2v) is 5.06. The standard InChI is InChI=1S/C8H5BrClN3S/c1-4-2-12-8(14-4)7-11-3-5(9)6(10)13-7/h2-3H,1H3. The molecular weight excluding hydrogens is 286 g/mol. The van der Waals surface area contributed by atoms with Crippen LogP contribution in [0.2, 0.25) is 5.15 Å². The molecule has 3 nitrogen and oxygen atoms in total. The molecule has 72 valence electrons. The lowest BCUT2D eigenvalue weighted by molar-refractivity contribution is 1.15. The van der Waals surface area contributed by atoms with Crippen LogP contribution in [0, 0.1) is 6.92 Å². The van der Waals surface area contributed by atoms with Gasteiger partial charge in [0.15, 0.2) is 10.8 Å². The largest absolute Gasteiger partial charge is 0.241 e. The molecule has 0 unspecified atom stereocenters. The fourth-order valence-electron chi connectivity index (χ4n) is 0.907. The summed E-state index contributed by atoms with van der Waals surface area (Å²) < 4.78 is 0.691. The number of hydrogen-bond donors (Lipinski definition) is 0. The van der Waals surface area contributed by atoms with Gasteiger partial charge in [-0.05, 0) is 22.9 Å². The van der Waals surface area contributed by atoms with Crippen molar-refractivity contribution in [3.05, 3.63) is 26.9 Å². The van der Waals surface area contributed by atoms with Gasteiger partial charge in [-0.1, -0.05) is 11.6 Å². The highest BCUT2D eigenvalue weighted by Gasteiger charge is 2.08. The maximum atomic E-state index is 5.85. The molecule has 0 aliphatic rings. The zero-order valence-electron chi connectivity index (χ0n) is 7.16. The highest BCUT2D eigenvalue weighted by Crippen LogP contribution is 2.25. The minimum absolute atomic E-state index is 0.405. The first-order chi connectivity index (χ1) is 6.66. The third kappa shape index (κ3) is 1.94. The molecule has 0 fully saturated rings. The monoisotopic (exact) mass is 289 g/mol. The lowest BCUT2D eigenvalue weighted by atomic mass is 10.5. The average molecular weight is 291 g/mol. The molecule has 2 aromatic rings. The highest BCUT2D eigenvalue weighted by molar-refractivity contribution is 9.10. The van der Waals surface area contributed by atoms with Gasteiger partial charge in [-0.3, -0.25) is 0 Å². The van der Waals surface area contributed by atoms with Gasteiger partial charge in [-0.25, -0.2) is 15.0 Å². The number of rotatable bonds is 1. The van der Waals surface area contributed by atoms with Crippen molar-refractivity contribution in [2.45, 2.75) is 6.92 Å². The molecule has 0 atom stereocenters. The van der Waals surface area contributed by atoms with E-state index < -0.39 is 0 Å². The summed E-state index contributed by atoms with van der Waals surface area (Å²) in [4.78, 5) is 13.5. The van der Waals surface area contributed by atoms with E-state index in [1.54, 1.807) is 23.7 Å². The molecule has 0 aliphatic carbocycles. The van der Waals surface area contributed by atoms with Gasteiger partial charge in [0.25, 0.3) is 0 Å². The molecule has 0 aromatic carbocycles. The van der Waals surface area contributed by atoms with E-state index in [1.807, 2.05) is 6.92 Å². The maximum absolute atomic E-state index is 5.85. The number of nitrogens with zero attached hydrogens (tertiary/aromatic N) is 3. The number of hydrogen-bond acceptors (Lipinski definition) is 4. The van der Waals surface area contributed by atoms with Gasteiger partial charge in [0, 0.05) is 17.3 Å². The van der Waals surface area contributed by atoms with Crippen molar-refractivity contribution in [3.8, 4) is 10.8 Å². The van der Waals surface area contributed by atoms with Crippen LogP contribution in [0.25, 0.3) is 10.8 Å². The van der Waals surface area contributed by atoms with E-state index in [4.69, 9.17) is 11.6 Å². The molecule has 0 saturated carbocycles. The Morgan fingerprint density at radius 2 is 2.14 bits per heavy atom. The maximum Gasteiger partial charge on any atom is 0.190 e. The summed E-state index contributed by atoms with van der Waals surface area (Å²) in [5.41, 5.74) is 0. The molecule has 14 heavy (non-hydrogen) atoms. The Hall–Kier alpha value is -0.520. The zero-order valence-corrected chi connectivity index (χ0v) is 10.3. The second kappa shape index (κ2) is 3.92. The Kier molecular flexibility index (Phi) is 2.80. The quantitative estimate of drug-likeness (QED) is 0.756. The number of aryl methyl sites for hydroxylation is 1. The summed E-state index contributed by atoms with van der Waals surface area (Å²) in [5.74, 6) is 0.566. The summed E-state index contributed by atoms with van der Waals surface area (Å²) in [7, 11) is 0. The number of aromatic nitrogens is 3. The summed E-state index contributed by atoms with van der Waals surface area (Å²) in [5, 5.41) is 1.19. The van der Waals surface area contributed by atoms with E-state index in [-0.39, 0.29) is 0 Å². The van der Waals surface area contributed by atoms with Gasteiger partial charge in [0.1, 0.15) is 5.15 Å². The Morgan fingerprint density at radius 1 is 1.36 bits per heavy atom. The smallest absolute Gasteiger partial charge is 0.190 e. The van der Waals surface area contributed by atoms with Gasteiger partial charge < -0.3 is 0 Å². The Balaban J connectivity index is 2.47. The van der Waals surface area contributed by atoms with Crippen molar-refractivity contribution in [1.82, 2.24) is 15.0 Å². The zero-order chi connectivity index (χ0) is 10.1. The Bertz CT molecular complexity index is 471. The van der Waals surface area contributed by atoms with Gasteiger partial charge in [-0.15, -0.1) is 11.3 Å². The lowest BCUT2D eigenvalue weighted by Crippen LogP contribution is -1.88. The van der Waals surface area contributed by atoms with Crippen LogP contribution < -0.4 is 0 Å². The van der Waals surface area contributed by atoms with E-state index in [9.17, 15) is 0 Å². The van der Waals surface area contributed by atoms with E-state index in [2.05, 4.69) is 30.9 Å². The van der Waals surface area contributed by atoms with Gasteiger partial charge in [-0.2, -0.15) is 0 Å². The van der Waals surface area contributed by atoms with E-state index in [0.717, 1.165) is 9.88 Å². The molecule has 0 aliphatic heterocycles. The van der Waals surface area contributed by atoms with Crippen molar-refractivity contribution < 1.29 is 0 Å². The minimum atomic E-state index is 0.405. The van der Waals surface area contributed by atoms with E-state index >= 15 is 0 Å². The molecule has 2 rings (SSSR count). The van der Waals surface area contributed by atoms with Crippen molar-refractivity contribution in [2.24, 2.45) is 0 Å². The van der Waals surface area contributed by atoms with E-state index in [0.29, 0.717) is 15.5 Å². The predicted octanol–water partition coefficient (Wildman–Crippen LogP) is 3.32. The third-order valence-corrected chi connectivity index (χ3v) is 3.52. The van der Waals surface area contributed by atoms with Gasteiger partial charge >= 0.3 is 0 Å². The molecule has 6 heteroatoms. The van der Waals surface area contributed by atoms with Crippen molar-refractivity contribution in [1.29, 1.82) is 0 Å². The highest BCUT2D eigenvalue weighted by atomic mass is 79.9. The van der Waals surface area contributed by atoms with Crippen LogP contribution in [0.5, 0.6) is 0 Å². The minimum Gasteiger partial charge on any atom is -0.241 e. The third-order valence-electron chi connectivity index (χ3n) is 1.51. The first kappa shape index (κ1) is 10.0. The normalized spacial score (nSPS) is 10.5. The Labute approximate surface area is 98.3 Å². The van der Waals surface area contributed by atoms with Crippen molar-refractivity contribution in [2.75, 3.05) is 0 Å².